The third-order valence-electron chi connectivity index (χ3n) is 2.82. The van der Waals surface area contributed by atoms with Gasteiger partial charge in [0.05, 0.1) is 6.54 Å². The molecule has 5 heteroatoms. The van der Waals surface area contributed by atoms with Gasteiger partial charge in [0, 0.05) is 17.4 Å². The van der Waals surface area contributed by atoms with Crippen LogP contribution in [0, 0.1) is 25.5 Å². The summed E-state index contributed by atoms with van der Waals surface area (Å²) in [6.07, 6.45) is 0. The zero-order valence-electron chi connectivity index (χ0n) is 11.8. The molecule has 0 unspecified atom stereocenters. The Hall–Kier alpha value is -2.43. The van der Waals surface area contributed by atoms with Crippen LogP contribution in [0.5, 0.6) is 0 Å². The van der Waals surface area contributed by atoms with E-state index < -0.39 is 11.6 Å². The van der Waals surface area contributed by atoms with Gasteiger partial charge in [-0.2, -0.15) is 0 Å². The lowest BCUT2D eigenvalue weighted by atomic mass is 10.1. The average molecular weight is 290 g/mol. The van der Waals surface area contributed by atoms with Gasteiger partial charge < -0.3 is 10.6 Å². The van der Waals surface area contributed by atoms with Crippen LogP contribution in [0.2, 0.25) is 0 Å². The second kappa shape index (κ2) is 6.35. The standard InChI is InChI=1S/C16H16F2N2O/c1-10-3-11(2)5-14(4-10)19-9-16(21)20-15-7-12(17)6-13(18)8-15/h3-8,19H,9H2,1-2H3,(H,20,21). The summed E-state index contributed by atoms with van der Waals surface area (Å²) in [5.74, 6) is -1.83. The van der Waals surface area contributed by atoms with Crippen molar-refractivity contribution in [3.8, 4) is 0 Å². The van der Waals surface area contributed by atoms with Crippen LogP contribution in [0.15, 0.2) is 36.4 Å². The van der Waals surface area contributed by atoms with Gasteiger partial charge in [-0.1, -0.05) is 6.07 Å². The van der Waals surface area contributed by atoms with Crippen LogP contribution < -0.4 is 10.6 Å². The van der Waals surface area contributed by atoms with Crippen LogP contribution >= 0.6 is 0 Å². The molecule has 0 saturated heterocycles. The van der Waals surface area contributed by atoms with E-state index in [1.54, 1.807) is 0 Å². The number of carbonyl (C=O) groups excluding carboxylic acids is 1. The van der Waals surface area contributed by atoms with E-state index in [-0.39, 0.29) is 18.1 Å². The largest absolute Gasteiger partial charge is 0.376 e. The maximum atomic E-state index is 13.0. The average Bonchev–Trinajstić information content (AvgIpc) is 2.34. The Labute approximate surface area is 122 Å². The van der Waals surface area contributed by atoms with Crippen molar-refractivity contribution < 1.29 is 13.6 Å². The molecule has 21 heavy (non-hydrogen) atoms. The Morgan fingerprint density at radius 3 is 2.05 bits per heavy atom. The van der Waals surface area contributed by atoms with Gasteiger partial charge in [-0.3, -0.25) is 4.79 Å². The third kappa shape index (κ3) is 4.56. The molecule has 0 fully saturated rings. The number of hydrogen-bond donors (Lipinski definition) is 2. The minimum atomic E-state index is -0.729. The molecule has 2 rings (SSSR count). The first kappa shape index (κ1) is 15.0. The molecule has 3 nitrogen and oxygen atoms in total. The molecule has 0 saturated carbocycles. The lowest BCUT2D eigenvalue weighted by Gasteiger charge is -2.09. The minimum absolute atomic E-state index is 0.0149. The number of hydrogen-bond acceptors (Lipinski definition) is 2. The van der Waals surface area contributed by atoms with Crippen LogP contribution in [-0.2, 0) is 4.79 Å². The van der Waals surface area contributed by atoms with Crippen molar-refractivity contribution in [3.05, 3.63) is 59.2 Å². The fraction of sp³-hybridized carbons (Fsp3) is 0.188. The van der Waals surface area contributed by atoms with Crippen LogP contribution in [0.3, 0.4) is 0 Å². The van der Waals surface area contributed by atoms with E-state index in [9.17, 15) is 13.6 Å². The van der Waals surface area contributed by atoms with Crippen LogP contribution in [-0.4, -0.2) is 12.5 Å². The van der Waals surface area contributed by atoms with E-state index in [1.165, 1.54) is 0 Å². The quantitative estimate of drug-likeness (QED) is 0.902. The maximum absolute atomic E-state index is 13.0. The Kier molecular flexibility index (Phi) is 4.52. The highest BCUT2D eigenvalue weighted by Gasteiger charge is 2.06. The Bertz CT molecular complexity index is 631. The number of aryl methyl sites for hydroxylation is 2. The van der Waals surface area contributed by atoms with Gasteiger partial charge in [-0.15, -0.1) is 0 Å². The van der Waals surface area contributed by atoms with E-state index in [2.05, 4.69) is 10.6 Å². The molecule has 0 aliphatic heterocycles. The highest BCUT2D eigenvalue weighted by Crippen LogP contribution is 2.14. The molecule has 2 aromatic rings. The van der Waals surface area contributed by atoms with Crippen molar-refractivity contribution >= 4 is 17.3 Å². The van der Waals surface area contributed by atoms with Crippen LogP contribution in [0.1, 0.15) is 11.1 Å². The summed E-state index contributed by atoms with van der Waals surface area (Å²) >= 11 is 0. The molecule has 0 aliphatic rings. The van der Waals surface area contributed by atoms with E-state index in [0.29, 0.717) is 0 Å². The minimum Gasteiger partial charge on any atom is -0.376 e. The SMILES string of the molecule is Cc1cc(C)cc(NCC(=O)Nc2cc(F)cc(F)c2)c1. The normalized spacial score (nSPS) is 10.3. The topological polar surface area (TPSA) is 41.1 Å². The summed E-state index contributed by atoms with van der Waals surface area (Å²) in [6.45, 7) is 3.95. The molecule has 0 bridgehead atoms. The molecule has 110 valence electrons. The fourth-order valence-electron chi connectivity index (χ4n) is 2.09. The Morgan fingerprint density at radius 1 is 0.905 bits per heavy atom. The molecule has 0 heterocycles. The number of nitrogens with one attached hydrogen (secondary N) is 2. The first-order valence-electron chi connectivity index (χ1n) is 6.50. The molecule has 0 atom stereocenters. The number of anilines is 2. The second-order valence-corrected chi connectivity index (χ2v) is 4.94. The maximum Gasteiger partial charge on any atom is 0.243 e. The lowest BCUT2D eigenvalue weighted by Crippen LogP contribution is -2.22. The van der Waals surface area contributed by atoms with E-state index in [0.717, 1.165) is 35.0 Å². The fourth-order valence-corrected chi connectivity index (χ4v) is 2.09. The van der Waals surface area contributed by atoms with Crippen molar-refractivity contribution in [2.45, 2.75) is 13.8 Å². The first-order chi connectivity index (χ1) is 9.92. The molecule has 0 spiro atoms. The van der Waals surface area contributed by atoms with Crippen LogP contribution in [0.4, 0.5) is 20.2 Å². The summed E-state index contributed by atoms with van der Waals surface area (Å²) in [4.78, 5) is 11.8. The van der Waals surface area contributed by atoms with E-state index in [4.69, 9.17) is 0 Å². The van der Waals surface area contributed by atoms with Gasteiger partial charge >= 0.3 is 0 Å². The van der Waals surface area contributed by atoms with Crippen molar-refractivity contribution in [2.75, 3.05) is 17.2 Å². The highest BCUT2D eigenvalue weighted by atomic mass is 19.1. The van der Waals surface area contributed by atoms with Crippen molar-refractivity contribution in [2.24, 2.45) is 0 Å². The highest BCUT2D eigenvalue weighted by molar-refractivity contribution is 5.93. The number of amides is 1. The van der Waals surface area contributed by atoms with E-state index in [1.807, 2.05) is 32.0 Å². The predicted molar refractivity (Wildman–Crippen MR) is 79.4 cm³/mol. The van der Waals surface area contributed by atoms with Crippen molar-refractivity contribution in [3.63, 3.8) is 0 Å². The molecule has 1 amide bonds. The van der Waals surface area contributed by atoms with Gasteiger partial charge in [-0.05, 0) is 49.2 Å². The summed E-state index contributed by atoms with van der Waals surface area (Å²) in [6, 6.07) is 8.75. The number of halogens is 2. The van der Waals surface area contributed by atoms with Gasteiger partial charge in [0.2, 0.25) is 5.91 Å². The second-order valence-electron chi connectivity index (χ2n) is 4.94. The van der Waals surface area contributed by atoms with E-state index >= 15 is 0 Å². The number of benzene rings is 2. The summed E-state index contributed by atoms with van der Waals surface area (Å²) < 4.78 is 26.0. The zero-order valence-corrected chi connectivity index (χ0v) is 11.8. The summed E-state index contributed by atoms with van der Waals surface area (Å²) in [7, 11) is 0. The lowest BCUT2D eigenvalue weighted by molar-refractivity contribution is -0.114. The Balaban J connectivity index is 1.95. The van der Waals surface area contributed by atoms with Gasteiger partial charge in [0.15, 0.2) is 0 Å². The molecule has 0 radical (unpaired) electrons. The molecular weight excluding hydrogens is 274 g/mol. The smallest absolute Gasteiger partial charge is 0.243 e. The molecular formula is C16H16F2N2O. The number of carbonyl (C=O) groups is 1. The molecule has 2 aromatic carbocycles. The van der Waals surface area contributed by atoms with Crippen molar-refractivity contribution in [1.29, 1.82) is 0 Å². The van der Waals surface area contributed by atoms with Gasteiger partial charge in [0.25, 0.3) is 0 Å². The first-order valence-corrected chi connectivity index (χ1v) is 6.50. The summed E-state index contributed by atoms with van der Waals surface area (Å²) in [5, 5.41) is 5.42. The molecule has 0 aromatic heterocycles. The van der Waals surface area contributed by atoms with Gasteiger partial charge in [0.1, 0.15) is 11.6 Å². The molecule has 0 aliphatic carbocycles. The summed E-state index contributed by atoms with van der Waals surface area (Å²) in [5.41, 5.74) is 3.10. The Morgan fingerprint density at radius 2 is 1.48 bits per heavy atom. The number of rotatable bonds is 4. The van der Waals surface area contributed by atoms with Crippen molar-refractivity contribution in [1.82, 2.24) is 0 Å². The zero-order chi connectivity index (χ0) is 15.4. The third-order valence-corrected chi connectivity index (χ3v) is 2.82. The predicted octanol–water partition coefficient (Wildman–Crippen LogP) is 3.63. The van der Waals surface area contributed by atoms with Gasteiger partial charge in [-0.25, -0.2) is 8.78 Å². The molecule has 2 N–H and O–H groups in total. The van der Waals surface area contributed by atoms with Crippen LogP contribution in [0.25, 0.3) is 0 Å². The monoisotopic (exact) mass is 290 g/mol.